The summed E-state index contributed by atoms with van der Waals surface area (Å²) in [6.45, 7) is 1.26. The molecule has 0 aromatic heterocycles. The van der Waals surface area contributed by atoms with Gasteiger partial charge in [-0.2, -0.15) is 0 Å². The quantitative estimate of drug-likeness (QED) is 0.750. The summed E-state index contributed by atoms with van der Waals surface area (Å²) in [5.74, 6) is -1.01. The van der Waals surface area contributed by atoms with Crippen molar-refractivity contribution in [1.82, 2.24) is 4.90 Å². The Labute approximate surface area is 111 Å². The van der Waals surface area contributed by atoms with Gasteiger partial charge in [0, 0.05) is 24.8 Å². The molecule has 1 aliphatic heterocycles. The highest BCUT2D eigenvalue weighted by Gasteiger charge is 2.20. The molecule has 1 aliphatic rings. The van der Waals surface area contributed by atoms with E-state index in [0.29, 0.717) is 18.8 Å². The van der Waals surface area contributed by atoms with Gasteiger partial charge in [-0.05, 0) is 31.0 Å². The van der Waals surface area contributed by atoms with E-state index in [0.717, 1.165) is 12.8 Å². The molecule has 0 bridgehead atoms. The van der Waals surface area contributed by atoms with Crippen molar-refractivity contribution in [3.63, 3.8) is 0 Å². The first-order valence-corrected chi connectivity index (χ1v) is 6.21. The van der Waals surface area contributed by atoms with Crippen LogP contribution < -0.4 is 11.1 Å². The highest BCUT2D eigenvalue weighted by Crippen LogP contribution is 2.14. The third-order valence-corrected chi connectivity index (χ3v) is 3.19. The second kappa shape index (κ2) is 5.71. The first-order chi connectivity index (χ1) is 9.06. The Morgan fingerprint density at radius 2 is 2.00 bits per heavy atom. The van der Waals surface area contributed by atoms with Crippen molar-refractivity contribution in [3.8, 4) is 0 Å². The number of rotatable bonds is 2. The van der Waals surface area contributed by atoms with Gasteiger partial charge < -0.3 is 21.1 Å². The summed E-state index contributed by atoms with van der Waals surface area (Å²) in [5.41, 5.74) is 6.42. The van der Waals surface area contributed by atoms with Gasteiger partial charge in [-0.3, -0.25) is 0 Å². The number of amides is 2. The van der Waals surface area contributed by atoms with Gasteiger partial charge in [0.1, 0.15) is 0 Å². The number of nitrogens with two attached hydrogens (primary N) is 1. The van der Waals surface area contributed by atoms with Crippen molar-refractivity contribution in [2.75, 3.05) is 18.4 Å². The number of carboxylic acids is 1. The number of urea groups is 1. The number of aromatic carboxylic acids is 1. The van der Waals surface area contributed by atoms with E-state index in [1.165, 1.54) is 12.1 Å². The first kappa shape index (κ1) is 13.4. The molecule has 1 saturated heterocycles. The Morgan fingerprint density at radius 1 is 1.32 bits per heavy atom. The third-order valence-electron chi connectivity index (χ3n) is 3.19. The summed E-state index contributed by atoms with van der Waals surface area (Å²) in [6.07, 6.45) is 1.59. The monoisotopic (exact) mass is 263 g/mol. The molecular weight excluding hydrogens is 246 g/mol. The van der Waals surface area contributed by atoms with Crippen LogP contribution in [-0.4, -0.2) is 41.1 Å². The Morgan fingerprint density at radius 3 is 2.63 bits per heavy atom. The zero-order valence-electron chi connectivity index (χ0n) is 10.5. The van der Waals surface area contributed by atoms with E-state index in [2.05, 4.69) is 5.32 Å². The molecule has 0 atom stereocenters. The summed E-state index contributed by atoms with van der Waals surface area (Å²) in [6, 6.07) is 6.15. The van der Waals surface area contributed by atoms with E-state index >= 15 is 0 Å². The summed E-state index contributed by atoms with van der Waals surface area (Å²) in [4.78, 5) is 24.5. The standard InChI is InChI=1S/C13H17N3O3/c14-10-4-6-16(7-5-10)13(19)15-11-3-1-2-9(8-11)12(17)18/h1-3,8,10H,4-7,14H2,(H,15,19)(H,17,18). The summed E-state index contributed by atoms with van der Waals surface area (Å²) in [7, 11) is 0. The predicted octanol–water partition coefficient (Wildman–Crippen LogP) is 1.34. The molecule has 0 unspecified atom stereocenters. The topological polar surface area (TPSA) is 95.7 Å². The van der Waals surface area contributed by atoms with Gasteiger partial charge in [0.25, 0.3) is 0 Å². The van der Waals surface area contributed by atoms with E-state index in [1.807, 2.05) is 0 Å². The van der Waals surface area contributed by atoms with Gasteiger partial charge >= 0.3 is 12.0 Å². The number of likely N-dealkylation sites (tertiary alicyclic amines) is 1. The van der Waals surface area contributed by atoms with Crippen molar-refractivity contribution in [2.24, 2.45) is 5.73 Å². The third kappa shape index (κ3) is 3.45. The fourth-order valence-corrected chi connectivity index (χ4v) is 2.04. The van der Waals surface area contributed by atoms with Gasteiger partial charge in [0.15, 0.2) is 0 Å². The van der Waals surface area contributed by atoms with Crippen LogP contribution in [0.4, 0.5) is 10.5 Å². The van der Waals surface area contributed by atoms with Crippen molar-refractivity contribution in [3.05, 3.63) is 29.8 Å². The second-order valence-corrected chi connectivity index (χ2v) is 4.64. The molecule has 19 heavy (non-hydrogen) atoms. The molecule has 102 valence electrons. The van der Waals surface area contributed by atoms with Crippen LogP contribution in [-0.2, 0) is 0 Å². The maximum absolute atomic E-state index is 12.0. The number of nitrogens with one attached hydrogen (secondary N) is 1. The fourth-order valence-electron chi connectivity index (χ4n) is 2.04. The van der Waals surface area contributed by atoms with Crippen LogP contribution in [0.25, 0.3) is 0 Å². The predicted molar refractivity (Wildman–Crippen MR) is 71.2 cm³/mol. The Balaban J connectivity index is 1.98. The molecule has 0 aliphatic carbocycles. The van der Waals surface area contributed by atoms with E-state index < -0.39 is 5.97 Å². The van der Waals surface area contributed by atoms with Gasteiger partial charge in [0.2, 0.25) is 0 Å². The number of anilines is 1. The highest BCUT2D eigenvalue weighted by molar-refractivity contribution is 5.93. The fraction of sp³-hybridized carbons (Fsp3) is 0.385. The molecule has 6 heteroatoms. The number of carboxylic acid groups (broad SMARTS) is 1. The lowest BCUT2D eigenvalue weighted by Gasteiger charge is -2.30. The zero-order valence-corrected chi connectivity index (χ0v) is 10.5. The molecule has 1 aromatic rings. The molecule has 2 rings (SSSR count). The lowest BCUT2D eigenvalue weighted by atomic mass is 10.1. The minimum atomic E-state index is -1.01. The Kier molecular flexibility index (Phi) is 4.01. The number of hydrogen-bond donors (Lipinski definition) is 3. The van der Waals surface area contributed by atoms with E-state index in [4.69, 9.17) is 10.8 Å². The van der Waals surface area contributed by atoms with Crippen molar-refractivity contribution >= 4 is 17.7 Å². The number of hydrogen-bond acceptors (Lipinski definition) is 3. The highest BCUT2D eigenvalue weighted by atomic mass is 16.4. The van der Waals surface area contributed by atoms with Crippen molar-refractivity contribution in [1.29, 1.82) is 0 Å². The lowest BCUT2D eigenvalue weighted by molar-refractivity contribution is 0.0697. The van der Waals surface area contributed by atoms with Gasteiger partial charge in [-0.15, -0.1) is 0 Å². The van der Waals surface area contributed by atoms with Crippen LogP contribution in [0.2, 0.25) is 0 Å². The maximum Gasteiger partial charge on any atom is 0.335 e. The van der Waals surface area contributed by atoms with Gasteiger partial charge in [-0.25, -0.2) is 9.59 Å². The Bertz CT molecular complexity index is 482. The van der Waals surface area contributed by atoms with Crippen molar-refractivity contribution < 1.29 is 14.7 Å². The molecule has 0 spiro atoms. The molecule has 1 aromatic carbocycles. The number of benzene rings is 1. The molecule has 2 amide bonds. The lowest BCUT2D eigenvalue weighted by Crippen LogP contribution is -2.44. The van der Waals surface area contributed by atoms with E-state index in [1.54, 1.807) is 17.0 Å². The summed E-state index contributed by atoms with van der Waals surface area (Å²) in [5, 5.41) is 11.6. The molecule has 6 nitrogen and oxygen atoms in total. The van der Waals surface area contributed by atoms with Crippen LogP contribution in [0.15, 0.2) is 24.3 Å². The molecular formula is C13H17N3O3. The number of carbonyl (C=O) groups is 2. The molecule has 0 saturated carbocycles. The Hall–Kier alpha value is -2.08. The summed E-state index contributed by atoms with van der Waals surface area (Å²) >= 11 is 0. The maximum atomic E-state index is 12.0. The number of carbonyl (C=O) groups excluding carboxylic acids is 1. The van der Waals surface area contributed by atoms with Gasteiger partial charge in [0.05, 0.1) is 5.56 Å². The van der Waals surface area contributed by atoms with Crippen LogP contribution >= 0.6 is 0 Å². The van der Waals surface area contributed by atoms with E-state index in [9.17, 15) is 9.59 Å². The van der Waals surface area contributed by atoms with E-state index in [-0.39, 0.29) is 17.6 Å². The van der Waals surface area contributed by atoms with Crippen LogP contribution in [0.1, 0.15) is 23.2 Å². The normalized spacial score (nSPS) is 16.2. The smallest absolute Gasteiger partial charge is 0.335 e. The molecule has 0 radical (unpaired) electrons. The minimum Gasteiger partial charge on any atom is -0.478 e. The molecule has 1 fully saturated rings. The first-order valence-electron chi connectivity index (χ1n) is 6.21. The largest absolute Gasteiger partial charge is 0.478 e. The minimum absolute atomic E-state index is 0.151. The average molecular weight is 263 g/mol. The number of piperidine rings is 1. The zero-order chi connectivity index (χ0) is 13.8. The van der Waals surface area contributed by atoms with Crippen LogP contribution in [0.3, 0.4) is 0 Å². The number of nitrogens with zero attached hydrogens (tertiary/aromatic N) is 1. The second-order valence-electron chi connectivity index (χ2n) is 4.64. The van der Waals surface area contributed by atoms with Crippen LogP contribution in [0, 0.1) is 0 Å². The van der Waals surface area contributed by atoms with Crippen molar-refractivity contribution in [2.45, 2.75) is 18.9 Å². The van der Waals surface area contributed by atoms with Crippen LogP contribution in [0.5, 0.6) is 0 Å². The van der Waals surface area contributed by atoms with Gasteiger partial charge in [-0.1, -0.05) is 6.07 Å². The summed E-state index contributed by atoms with van der Waals surface area (Å²) < 4.78 is 0. The molecule has 1 heterocycles. The SMILES string of the molecule is NC1CCN(C(=O)Nc2cccc(C(=O)O)c2)CC1. The average Bonchev–Trinajstić information content (AvgIpc) is 2.39. The molecule has 4 N–H and O–H groups in total.